The number of fused-ring (bicyclic) bond motifs is 7. The van der Waals surface area contributed by atoms with Crippen molar-refractivity contribution < 1.29 is 23.8 Å². The molecule has 0 unspecified atom stereocenters. The Kier molecular flexibility index (Phi) is 3.33. The van der Waals surface area contributed by atoms with Crippen LogP contribution in [0.25, 0.3) is 0 Å². The van der Waals surface area contributed by atoms with Gasteiger partial charge in [0.25, 0.3) is 0 Å². The van der Waals surface area contributed by atoms with Crippen molar-refractivity contribution in [2.75, 3.05) is 0 Å². The predicted molar refractivity (Wildman–Crippen MR) is 99.4 cm³/mol. The molecule has 0 radical (unpaired) electrons. The van der Waals surface area contributed by atoms with Gasteiger partial charge in [-0.2, -0.15) is 0 Å². The van der Waals surface area contributed by atoms with Gasteiger partial charge in [0, 0.05) is 5.92 Å². The monoisotopic (exact) mass is 382 g/mol. The third kappa shape index (κ3) is 1.98. The SMILES string of the molecule is C[C@H]1CCCC2=C1[C@H]1OC(=O)/C(=C/O[C@@H]3OC(=O)[C@]4(C)[C@H]3[C@@H]3C=C[C@H]4C3)[C@H]1C2. The van der Waals surface area contributed by atoms with Crippen molar-refractivity contribution in [2.24, 2.45) is 35.0 Å². The smallest absolute Gasteiger partial charge is 0.338 e. The van der Waals surface area contributed by atoms with Gasteiger partial charge in [-0.15, -0.1) is 0 Å². The van der Waals surface area contributed by atoms with Gasteiger partial charge in [0.05, 0.1) is 23.2 Å². The summed E-state index contributed by atoms with van der Waals surface area (Å²) in [5.74, 6) is 0.676. The highest BCUT2D eigenvalue weighted by molar-refractivity contribution is 5.92. The average molecular weight is 382 g/mol. The number of hydrogen-bond donors (Lipinski definition) is 0. The van der Waals surface area contributed by atoms with Crippen molar-refractivity contribution in [1.82, 2.24) is 0 Å². The summed E-state index contributed by atoms with van der Waals surface area (Å²) < 4.78 is 17.4. The Morgan fingerprint density at radius 2 is 2.11 bits per heavy atom. The summed E-state index contributed by atoms with van der Waals surface area (Å²) >= 11 is 0. The molecule has 1 saturated carbocycles. The molecular weight excluding hydrogens is 356 g/mol. The van der Waals surface area contributed by atoms with Crippen molar-refractivity contribution >= 4 is 11.9 Å². The molecule has 8 atom stereocenters. The molecule has 0 aromatic heterocycles. The van der Waals surface area contributed by atoms with Crippen LogP contribution in [0.2, 0.25) is 0 Å². The maximum absolute atomic E-state index is 12.6. The van der Waals surface area contributed by atoms with Gasteiger partial charge in [0.2, 0.25) is 6.29 Å². The molecule has 2 aliphatic heterocycles. The largest absolute Gasteiger partial charge is 0.461 e. The van der Waals surface area contributed by atoms with Gasteiger partial charge in [0.15, 0.2) is 0 Å². The molecule has 0 N–H and O–H groups in total. The van der Waals surface area contributed by atoms with Gasteiger partial charge in [0.1, 0.15) is 6.10 Å². The molecule has 3 fully saturated rings. The predicted octanol–water partition coefficient (Wildman–Crippen LogP) is 3.66. The number of carbonyl (C=O) groups excluding carboxylic acids is 2. The Bertz CT molecular complexity index is 866. The number of cyclic esters (lactones) is 1. The lowest BCUT2D eigenvalue weighted by atomic mass is 9.71. The number of esters is 2. The molecular formula is C23H26O5. The van der Waals surface area contributed by atoms with Gasteiger partial charge < -0.3 is 14.2 Å². The number of hydrogen-bond acceptors (Lipinski definition) is 5. The second-order valence-electron chi connectivity index (χ2n) is 9.67. The summed E-state index contributed by atoms with van der Waals surface area (Å²) in [6.07, 6.45) is 10.6. The zero-order valence-electron chi connectivity index (χ0n) is 16.4. The molecule has 28 heavy (non-hydrogen) atoms. The van der Waals surface area contributed by atoms with Gasteiger partial charge in [-0.25, -0.2) is 4.79 Å². The van der Waals surface area contributed by atoms with Crippen molar-refractivity contribution in [3.05, 3.63) is 35.1 Å². The molecule has 2 saturated heterocycles. The van der Waals surface area contributed by atoms with E-state index in [1.807, 2.05) is 6.92 Å². The standard InChI is InChI=1S/C23H26O5/c1-11-4-3-5-12-9-15-16(20(24)27-19(15)17(11)12)10-26-21-18-13-6-7-14(8-13)23(18,2)22(25)28-21/h6-7,10-11,13-15,18-19,21H,3-5,8-9H2,1-2H3/b16-10+/t11-,13+,14-,15+,18-,19-,21+,23-/m0/s1. The first-order chi connectivity index (χ1) is 13.5. The molecule has 0 spiro atoms. The Labute approximate surface area is 164 Å². The van der Waals surface area contributed by atoms with Crippen LogP contribution in [0.4, 0.5) is 0 Å². The maximum atomic E-state index is 12.6. The molecule has 148 valence electrons. The van der Waals surface area contributed by atoms with Crippen LogP contribution in [0.15, 0.2) is 35.1 Å². The van der Waals surface area contributed by atoms with E-state index < -0.39 is 11.7 Å². The topological polar surface area (TPSA) is 61.8 Å². The summed E-state index contributed by atoms with van der Waals surface area (Å²) in [4.78, 5) is 25.1. The summed E-state index contributed by atoms with van der Waals surface area (Å²) in [7, 11) is 0. The normalized spacial score (nSPS) is 49.4. The van der Waals surface area contributed by atoms with Crippen LogP contribution >= 0.6 is 0 Å². The van der Waals surface area contributed by atoms with E-state index in [4.69, 9.17) is 14.2 Å². The highest BCUT2D eigenvalue weighted by Crippen LogP contribution is 2.61. The molecule has 0 amide bonds. The molecule has 6 aliphatic rings. The van der Waals surface area contributed by atoms with Crippen molar-refractivity contribution in [1.29, 1.82) is 0 Å². The number of ether oxygens (including phenoxy) is 3. The molecule has 2 heterocycles. The lowest BCUT2D eigenvalue weighted by molar-refractivity contribution is -0.161. The first-order valence-corrected chi connectivity index (χ1v) is 10.7. The van der Waals surface area contributed by atoms with Crippen LogP contribution < -0.4 is 0 Å². The second-order valence-corrected chi connectivity index (χ2v) is 9.67. The van der Waals surface area contributed by atoms with E-state index in [9.17, 15) is 9.59 Å². The molecule has 5 heteroatoms. The van der Waals surface area contributed by atoms with Gasteiger partial charge in [-0.05, 0) is 62.4 Å². The van der Waals surface area contributed by atoms with E-state index in [0.717, 1.165) is 19.3 Å². The fourth-order valence-corrected chi connectivity index (χ4v) is 6.91. The third-order valence-electron chi connectivity index (χ3n) is 8.39. The third-order valence-corrected chi connectivity index (χ3v) is 8.39. The lowest BCUT2D eigenvalue weighted by Crippen LogP contribution is -2.35. The Morgan fingerprint density at radius 3 is 2.96 bits per heavy atom. The molecule has 4 aliphatic carbocycles. The van der Waals surface area contributed by atoms with Gasteiger partial charge >= 0.3 is 11.9 Å². The quantitative estimate of drug-likeness (QED) is 0.316. The van der Waals surface area contributed by atoms with E-state index in [-0.39, 0.29) is 35.8 Å². The van der Waals surface area contributed by atoms with Crippen LogP contribution in [0.1, 0.15) is 46.0 Å². The van der Waals surface area contributed by atoms with Gasteiger partial charge in [-0.1, -0.05) is 24.6 Å². The van der Waals surface area contributed by atoms with Crippen molar-refractivity contribution in [2.45, 2.75) is 58.3 Å². The fourth-order valence-electron chi connectivity index (χ4n) is 6.91. The molecule has 6 rings (SSSR count). The Hall–Kier alpha value is -2.04. The van der Waals surface area contributed by atoms with E-state index in [2.05, 4.69) is 19.1 Å². The average Bonchev–Trinajstić information content (AvgIpc) is 3.42. The van der Waals surface area contributed by atoms with Crippen LogP contribution in [0.5, 0.6) is 0 Å². The number of rotatable bonds is 2. The van der Waals surface area contributed by atoms with Crippen LogP contribution in [-0.4, -0.2) is 24.3 Å². The van der Waals surface area contributed by atoms with Gasteiger partial charge in [-0.3, -0.25) is 4.79 Å². The lowest BCUT2D eigenvalue weighted by Gasteiger charge is -2.28. The highest BCUT2D eigenvalue weighted by atomic mass is 16.7. The Balaban J connectivity index is 1.25. The Morgan fingerprint density at radius 1 is 1.25 bits per heavy atom. The minimum atomic E-state index is -0.611. The minimum Gasteiger partial charge on any atom is -0.461 e. The summed E-state index contributed by atoms with van der Waals surface area (Å²) in [6, 6.07) is 0. The second kappa shape index (κ2) is 5.52. The summed E-state index contributed by atoms with van der Waals surface area (Å²) in [5, 5.41) is 0. The fraction of sp³-hybridized carbons (Fsp3) is 0.652. The number of allylic oxidation sites excluding steroid dienone is 3. The van der Waals surface area contributed by atoms with Crippen LogP contribution in [0, 0.1) is 35.0 Å². The zero-order valence-corrected chi connectivity index (χ0v) is 16.4. The molecule has 0 aromatic rings. The van der Waals surface area contributed by atoms with E-state index in [1.54, 1.807) is 6.26 Å². The minimum absolute atomic E-state index is 0.0231. The van der Waals surface area contributed by atoms with Crippen molar-refractivity contribution in [3.8, 4) is 0 Å². The van der Waals surface area contributed by atoms with E-state index in [0.29, 0.717) is 17.4 Å². The maximum Gasteiger partial charge on any atom is 0.338 e. The van der Waals surface area contributed by atoms with Crippen LogP contribution in [0.3, 0.4) is 0 Å². The zero-order chi connectivity index (χ0) is 19.2. The first kappa shape index (κ1) is 16.9. The van der Waals surface area contributed by atoms with Crippen LogP contribution in [-0.2, 0) is 23.8 Å². The highest BCUT2D eigenvalue weighted by Gasteiger charge is 2.67. The van der Waals surface area contributed by atoms with Crippen molar-refractivity contribution in [3.63, 3.8) is 0 Å². The summed E-state index contributed by atoms with van der Waals surface area (Å²) in [5.41, 5.74) is 2.94. The molecule has 0 aromatic carbocycles. The first-order valence-electron chi connectivity index (χ1n) is 10.7. The van der Waals surface area contributed by atoms with E-state index in [1.165, 1.54) is 24.0 Å². The summed E-state index contributed by atoms with van der Waals surface area (Å²) in [6.45, 7) is 4.24. The molecule has 5 nitrogen and oxygen atoms in total. The molecule has 2 bridgehead atoms. The van der Waals surface area contributed by atoms with E-state index >= 15 is 0 Å². The number of carbonyl (C=O) groups is 2.